The summed E-state index contributed by atoms with van der Waals surface area (Å²) in [7, 11) is 0. The van der Waals surface area contributed by atoms with Gasteiger partial charge in [-0.15, -0.1) is 0 Å². The highest BCUT2D eigenvalue weighted by atomic mass is 19.1. The van der Waals surface area contributed by atoms with E-state index in [9.17, 15) is 9.18 Å². The number of aromatic nitrogens is 1. The molecular formula is C16H16FN3O. The van der Waals surface area contributed by atoms with Crippen molar-refractivity contribution in [1.29, 1.82) is 0 Å². The number of fused-ring (bicyclic) bond motifs is 1. The lowest BCUT2D eigenvalue weighted by atomic mass is 10.1. The SMILES string of the molecule is CCNc1ccc(C(=O)N2CCc3ccc(F)cc32)nc1. The summed E-state index contributed by atoms with van der Waals surface area (Å²) in [5.74, 6) is -0.522. The Balaban J connectivity index is 1.85. The van der Waals surface area contributed by atoms with Crippen molar-refractivity contribution >= 4 is 17.3 Å². The molecule has 2 heterocycles. The van der Waals surface area contributed by atoms with Gasteiger partial charge in [0.1, 0.15) is 11.5 Å². The fourth-order valence-electron chi connectivity index (χ4n) is 2.53. The Labute approximate surface area is 122 Å². The minimum absolute atomic E-state index is 0.192. The van der Waals surface area contributed by atoms with Crippen LogP contribution in [0.2, 0.25) is 0 Å². The van der Waals surface area contributed by atoms with Crippen LogP contribution in [-0.4, -0.2) is 24.0 Å². The molecule has 108 valence electrons. The zero-order chi connectivity index (χ0) is 14.8. The second kappa shape index (κ2) is 5.52. The second-order valence-electron chi connectivity index (χ2n) is 4.94. The average molecular weight is 285 g/mol. The summed E-state index contributed by atoms with van der Waals surface area (Å²) in [6.45, 7) is 3.36. The lowest BCUT2D eigenvalue weighted by molar-refractivity contribution is 0.0984. The van der Waals surface area contributed by atoms with Crippen molar-refractivity contribution in [2.45, 2.75) is 13.3 Å². The summed E-state index contributed by atoms with van der Waals surface area (Å²) in [5, 5.41) is 3.13. The first-order valence-electron chi connectivity index (χ1n) is 6.99. The standard InChI is InChI=1S/C16H16FN3O/c1-2-18-13-5-6-14(19-10-13)16(21)20-8-7-11-3-4-12(17)9-15(11)20/h3-6,9-10,18H,2,7-8H2,1H3. The first-order chi connectivity index (χ1) is 10.2. The van der Waals surface area contributed by atoms with Crippen LogP contribution in [0, 0.1) is 5.82 Å². The molecule has 0 aliphatic carbocycles. The number of halogens is 1. The molecular weight excluding hydrogens is 269 g/mol. The fourth-order valence-corrected chi connectivity index (χ4v) is 2.53. The maximum Gasteiger partial charge on any atom is 0.276 e. The number of amides is 1. The minimum Gasteiger partial charge on any atom is -0.384 e. The molecule has 0 bridgehead atoms. The molecule has 1 aliphatic heterocycles. The van der Waals surface area contributed by atoms with Crippen molar-refractivity contribution < 1.29 is 9.18 Å². The summed E-state index contributed by atoms with van der Waals surface area (Å²) < 4.78 is 13.4. The van der Waals surface area contributed by atoms with Crippen molar-refractivity contribution in [3.8, 4) is 0 Å². The number of carbonyl (C=O) groups excluding carboxylic acids is 1. The molecule has 4 nitrogen and oxygen atoms in total. The van der Waals surface area contributed by atoms with Gasteiger partial charge in [-0.1, -0.05) is 6.07 Å². The van der Waals surface area contributed by atoms with Gasteiger partial charge in [0.05, 0.1) is 17.6 Å². The predicted molar refractivity (Wildman–Crippen MR) is 80.2 cm³/mol. The largest absolute Gasteiger partial charge is 0.384 e. The van der Waals surface area contributed by atoms with Gasteiger partial charge in [0.2, 0.25) is 0 Å². The summed E-state index contributed by atoms with van der Waals surface area (Å²) in [5.41, 5.74) is 2.89. The number of anilines is 2. The zero-order valence-electron chi connectivity index (χ0n) is 11.8. The predicted octanol–water partition coefficient (Wildman–Crippen LogP) is 2.86. The molecule has 0 saturated heterocycles. The summed E-state index contributed by atoms with van der Waals surface area (Å²) in [4.78, 5) is 18.3. The van der Waals surface area contributed by atoms with Gasteiger partial charge < -0.3 is 10.2 Å². The number of benzene rings is 1. The van der Waals surface area contributed by atoms with Crippen LogP contribution >= 0.6 is 0 Å². The molecule has 1 N–H and O–H groups in total. The molecule has 1 aromatic carbocycles. The van der Waals surface area contributed by atoms with Gasteiger partial charge in [-0.25, -0.2) is 9.37 Å². The number of rotatable bonds is 3. The number of pyridine rings is 1. The van der Waals surface area contributed by atoms with Crippen LogP contribution in [0.15, 0.2) is 36.5 Å². The van der Waals surface area contributed by atoms with Gasteiger partial charge in [-0.05, 0) is 43.2 Å². The molecule has 0 fully saturated rings. The van der Waals surface area contributed by atoms with Crippen LogP contribution in [0.4, 0.5) is 15.8 Å². The van der Waals surface area contributed by atoms with Crippen LogP contribution in [0.1, 0.15) is 23.0 Å². The third-order valence-electron chi connectivity index (χ3n) is 3.55. The van der Waals surface area contributed by atoms with Gasteiger partial charge in [-0.2, -0.15) is 0 Å². The number of nitrogens with one attached hydrogen (secondary N) is 1. The van der Waals surface area contributed by atoms with Gasteiger partial charge in [0.25, 0.3) is 5.91 Å². The molecule has 1 amide bonds. The van der Waals surface area contributed by atoms with Crippen LogP contribution < -0.4 is 10.2 Å². The number of nitrogens with zero attached hydrogens (tertiary/aromatic N) is 2. The summed E-state index contributed by atoms with van der Waals surface area (Å²) in [6, 6.07) is 8.09. The molecule has 0 spiro atoms. The number of hydrogen-bond donors (Lipinski definition) is 1. The van der Waals surface area contributed by atoms with Crippen LogP contribution in [-0.2, 0) is 6.42 Å². The summed E-state index contributed by atoms with van der Waals surface area (Å²) in [6.07, 6.45) is 2.39. The zero-order valence-corrected chi connectivity index (χ0v) is 11.8. The van der Waals surface area contributed by atoms with Gasteiger partial charge in [-0.3, -0.25) is 4.79 Å². The van der Waals surface area contributed by atoms with E-state index in [0.717, 1.165) is 24.2 Å². The van der Waals surface area contributed by atoms with E-state index < -0.39 is 0 Å². The maximum absolute atomic E-state index is 13.4. The quantitative estimate of drug-likeness (QED) is 0.943. The first kappa shape index (κ1) is 13.5. The molecule has 0 saturated carbocycles. The molecule has 21 heavy (non-hydrogen) atoms. The fraction of sp³-hybridized carbons (Fsp3) is 0.250. The van der Waals surface area contributed by atoms with Crippen molar-refractivity contribution in [2.24, 2.45) is 0 Å². The Morgan fingerprint density at radius 3 is 2.95 bits per heavy atom. The Morgan fingerprint density at radius 2 is 2.24 bits per heavy atom. The third kappa shape index (κ3) is 2.59. The van der Waals surface area contributed by atoms with Gasteiger partial charge in [0.15, 0.2) is 0 Å². The number of carbonyl (C=O) groups is 1. The Morgan fingerprint density at radius 1 is 1.38 bits per heavy atom. The van der Waals surface area contributed by atoms with E-state index in [0.29, 0.717) is 17.9 Å². The van der Waals surface area contributed by atoms with Crippen LogP contribution in [0.25, 0.3) is 0 Å². The molecule has 0 atom stereocenters. The Hall–Kier alpha value is -2.43. The highest BCUT2D eigenvalue weighted by molar-refractivity contribution is 6.06. The van der Waals surface area contributed by atoms with E-state index >= 15 is 0 Å². The van der Waals surface area contributed by atoms with E-state index in [4.69, 9.17) is 0 Å². The number of hydrogen-bond acceptors (Lipinski definition) is 3. The Bertz CT molecular complexity index is 670. The highest BCUT2D eigenvalue weighted by Gasteiger charge is 2.26. The lowest BCUT2D eigenvalue weighted by Crippen LogP contribution is -2.29. The van der Waals surface area contributed by atoms with E-state index in [1.54, 1.807) is 23.2 Å². The smallest absolute Gasteiger partial charge is 0.276 e. The summed E-state index contributed by atoms with van der Waals surface area (Å²) >= 11 is 0. The third-order valence-corrected chi connectivity index (χ3v) is 3.55. The van der Waals surface area contributed by atoms with Gasteiger partial charge in [0, 0.05) is 13.1 Å². The van der Waals surface area contributed by atoms with Gasteiger partial charge >= 0.3 is 0 Å². The molecule has 2 aromatic rings. The molecule has 3 rings (SSSR count). The molecule has 0 radical (unpaired) electrons. The van der Waals surface area contributed by atoms with Crippen LogP contribution in [0.5, 0.6) is 0 Å². The van der Waals surface area contributed by atoms with E-state index in [1.807, 2.05) is 13.0 Å². The monoisotopic (exact) mass is 285 g/mol. The average Bonchev–Trinajstić information content (AvgIpc) is 2.90. The van der Waals surface area contributed by atoms with Crippen molar-refractivity contribution in [1.82, 2.24) is 4.98 Å². The van der Waals surface area contributed by atoms with Crippen molar-refractivity contribution in [3.05, 3.63) is 53.6 Å². The Kier molecular flexibility index (Phi) is 3.56. The second-order valence-corrected chi connectivity index (χ2v) is 4.94. The lowest BCUT2D eigenvalue weighted by Gasteiger charge is -2.17. The van der Waals surface area contributed by atoms with E-state index in [2.05, 4.69) is 10.3 Å². The highest BCUT2D eigenvalue weighted by Crippen LogP contribution is 2.29. The molecule has 1 aromatic heterocycles. The molecule has 0 unspecified atom stereocenters. The van der Waals surface area contributed by atoms with E-state index in [-0.39, 0.29) is 11.7 Å². The minimum atomic E-state index is -0.330. The van der Waals surface area contributed by atoms with E-state index in [1.165, 1.54) is 12.1 Å². The molecule has 5 heteroatoms. The topological polar surface area (TPSA) is 45.2 Å². The normalized spacial score (nSPS) is 13.1. The van der Waals surface area contributed by atoms with Crippen molar-refractivity contribution in [2.75, 3.05) is 23.3 Å². The van der Waals surface area contributed by atoms with Crippen LogP contribution in [0.3, 0.4) is 0 Å². The molecule has 1 aliphatic rings. The van der Waals surface area contributed by atoms with Crippen molar-refractivity contribution in [3.63, 3.8) is 0 Å². The first-order valence-corrected chi connectivity index (χ1v) is 6.99. The maximum atomic E-state index is 13.4.